The maximum atomic E-state index is 12.2. The quantitative estimate of drug-likeness (QED) is 0.807. The van der Waals surface area contributed by atoms with Gasteiger partial charge in [-0.3, -0.25) is 4.79 Å². The van der Waals surface area contributed by atoms with E-state index in [0.29, 0.717) is 26.1 Å². The number of rotatable bonds is 2. The van der Waals surface area contributed by atoms with E-state index in [0.717, 1.165) is 24.3 Å². The van der Waals surface area contributed by atoms with Gasteiger partial charge in [0.2, 0.25) is 5.91 Å². The Bertz CT molecular complexity index is 315. The number of ether oxygens (including phenoxy) is 1. The summed E-state index contributed by atoms with van der Waals surface area (Å²) in [4.78, 5) is 12.2. The van der Waals surface area contributed by atoms with Gasteiger partial charge in [0.25, 0.3) is 0 Å². The van der Waals surface area contributed by atoms with Crippen LogP contribution < -0.4 is 5.32 Å². The van der Waals surface area contributed by atoms with E-state index in [4.69, 9.17) is 4.74 Å². The van der Waals surface area contributed by atoms with E-state index >= 15 is 0 Å². The Morgan fingerprint density at radius 3 is 2.59 bits per heavy atom. The van der Waals surface area contributed by atoms with Gasteiger partial charge in [0.15, 0.2) is 0 Å². The molecule has 1 N–H and O–H groups in total. The Kier molecular flexibility index (Phi) is 4.30. The minimum Gasteiger partial charge on any atom is -0.381 e. The van der Waals surface area contributed by atoms with Crippen LogP contribution in [0.25, 0.3) is 0 Å². The van der Waals surface area contributed by atoms with Gasteiger partial charge in [0, 0.05) is 19.3 Å². The Hall–Kier alpha value is -0.730. The van der Waals surface area contributed by atoms with Gasteiger partial charge in [-0.25, -0.2) is 0 Å². The molecule has 2 heterocycles. The summed E-state index contributed by atoms with van der Waals surface area (Å²) in [6.07, 6.45) is 3.09. The van der Waals surface area contributed by atoms with Crippen LogP contribution >= 0.6 is 11.8 Å². The molecule has 0 aromatic rings. The first-order chi connectivity index (χ1) is 8.27. The van der Waals surface area contributed by atoms with E-state index in [-0.39, 0.29) is 11.9 Å². The van der Waals surface area contributed by atoms with Crippen molar-refractivity contribution in [1.29, 1.82) is 5.26 Å². The molecule has 17 heavy (non-hydrogen) atoms. The van der Waals surface area contributed by atoms with Gasteiger partial charge in [0.1, 0.15) is 5.41 Å². The van der Waals surface area contributed by atoms with Crippen LogP contribution in [0.4, 0.5) is 0 Å². The van der Waals surface area contributed by atoms with Gasteiger partial charge in [-0.2, -0.15) is 17.0 Å². The summed E-state index contributed by atoms with van der Waals surface area (Å²) in [6, 6.07) is 2.47. The Morgan fingerprint density at radius 1 is 1.35 bits per heavy atom. The van der Waals surface area contributed by atoms with Crippen molar-refractivity contribution in [1.82, 2.24) is 5.32 Å². The van der Waals surface area contributed by atoms with Crippen LogP contribution in [-0.4, -0.2) is 36.7 Å². The lowest BCUT2D eigenvalue weighted by molar-refractivity contribution is -0.133. The van der Waals surface area contributed by atoms with Gasteiger partial charge >= 0.3 is 0 Å². The highest BCUT2D eigenvalue weighted by Crippen LogP contribution is 2.30. The van der Waals surface area contributed by atoms with Crippen LogP contribution in [0.3, 0.4) is 0 Å². The minimum absolute atomic E-state index is 0.0831. The second-order valence-electron chi connectivity index (χ2n) is 4.67. The number of hydrogen-bond donors (Lipinski definition) is 1. The lowest BCUT2D eigenvalue weighted by atomic mass is 9.80. The number of thioether (sulfide) groups is 1. The maximum Gasteiger partial charge on any atom is 0.240 e. The molecular weight excluding hydrogens is 236 g/mol. The van der Waals surface area contributed by atoms with Crippen LogP contribution in [0.15, 0.2) is 0 Å². The number of carbonyl (C=O) groups is 1. The van der Waals surface area contributed by atoms with Crippen LogP contribution in [0.5, 0.6) is 0 Å². The molecule has 0 aliphatic carbocycles. The molecule has 5 heteroatoms. The molecule has 2 aliphatic heterocycles. The summed E-state index contributed by atoms with van der Waals surface area (Å²) < 4.78 is 5.23. The molecule has 2 saturated heterocycles. The number of carbonyl (C=O) groups excluding carboxylic acids is 1. The van der Waals surface area contributed by atoms with Crippen molar-refractivity contribution in [3.05, 3.63) is 0 Å². The molecule has 0 aromatic carbocycles. The molecule has 2 aliphatic rings. The third-order valence-electron chi connectivity index (χ3n) is 3.55. The van der Waals surface area contributed by atoms with Crippen LogP contribution in [0.1, 0.15) is 25.7 Å². The van der Waals surface area contributed by atoms with Crippen molar-refractivity contribution in [3.63, 3.8) is 0 Å². The smallest absolute Gasteiger partial charge is 0.240 e. The number of hydrogen-bond acceptors (Lipinski definition) is 4. The average Bonchev–Trinajstić information content (AvgIpc) is 2.40. The summed E-state index contributed by atoms with van der Waals surface area (Å²) in [5.41, 5.74) is -0.844. The van der Waals surface area contributed by atoms with Gasteiger partial charge in [-0.05, 0) is 37.2 Å². The standard InChI is InChI=1S/C12H18N2O2S/c13-9-12(3-5-16-6-4-12)11(15)14-10-1-7-17-8-2-10/h10H,1-8H2,(H,14,15). The number of nitriles is 1. The van der Waals surface area contributed by atoms with Crippen molar-refractivity contribution in [2.24, 2.45) is 5.41 Å². The highest BCUT2D eigenvalue weighted by molar-refractivity contribution is 7.99. The molecule has 4 nitrogen and oxygen atoms in total. The largest absolute Gasteiger partial charge is 0.381 e. The molecule has 94 valence electrons. The van der Waals surface area contributed by atoms with Gasteiger partial charge in [0.05, 0.1) is 6.07 Å². The average molecular weight is 254 g/mol. The lowest BCUT2D eigenvalue weighted by Crippen LogP contribution is -2.48. The third-order valence-corrected chi connectivity index (χ3v) is 4.60. The molecule has 0 bridgehead atoms. The molecule has 2 fully saturated rings. The van der Waals surface area contributed by atoms with Crippen molar-refractivity contribution >= 4 is 17.7 Å². The predicted molar refractivity (Wildman–Crippen MR) is 66.6 cm³/mol. The first kappa shape index (κ1) is 12.7. The zero-order chi connectivity index (χ0) is 12.1. The summed E-state index contributed by atoms with van der Waals surface area (Å²) in [5, 5.41) is 12.3. The first-order valence-electron chi connectivity index (χ1n) is 6.14. The summed E-state index contributed by atoms with van der Waals surface area (Å²) >= 11 is 1.93. The number of amides is 1. The second-order valence-corrected chi connectivity index (χ2v) is 5.89. The van der Waals surface area contributed by atoms with Crippen molar-refractivity contribution in [2.45, 2.75) is 31.7 Å². The first-order valence-corrected chi connectivity index (χ1v) is 7.30. The molecule has 1 amide bonds. The molecule has 0 unspecified atom stereocenters. The van der Waals surface area contributed by atoms with Gasteiger partial charge in [-0.1, -0.05) is 0 Å². The van der Waals surface area contributed by atoms with E-state index in [1.54, 1.807) is 0 Å². The molecule has 0 radical (unpaired) electrons. The van der Waals surface area contributed by atoms with Crippen LogP contribution in [0.2, 0.25) is 0 Å². The monoisotopic (exact) mass is 254 g/mol. The van der Waals surface area contributed by atoms with Gasteiger partial charge in [-0.15, -0.1) is 0 Å². The zero-order valence-corrected chi connectivity index (χ0v) is 10.7. The molecule has 0 spiro atoms. The van der Waals surface area contributed by atoms with Crippen molar-refractivity contribution in [2.75, 3.05) is 24.7 Å². The zero-order valence-electron chi connectivity index (χ0n) is 9.91. The normalized spacial score (nSPS) is 24.9. The molecule has 0 atom stereocenters. The van der Waals surface area contributed by atoms with Crippen molar-refractivity contribution < 1.29 is 9.53 Å². The van der Waals surface area contributed by atoms with E-state index in [1.165, 1.54) is 0 Å². The summed E-state index contributed by atoms with van der Waals surface area (Å²) in [6.45, 7) is 1.03. The van der Waals surface area contributed by atoms with Crippen LogP contribution in [0, 0.1) is 16.7 Å². The second kappa shape index (κ2) is 5.74. The Balaban J connectivity index is 1.94. The van der Waals surface area contributed by atoms with E-state index in [9.17, 15) is 10.1 Å². The Morgan fingerprint density at radius 2 is 2.00 bits per heavy atom. The highest BCUT2D eigenvalue weighted by atomic mass is 32.2. The van der Waals surface area contributed by atoms with E-state index in [2.05, 4.69) is 11.4 Å². The highest BCUT2D eigenvalue weighted by Gasteiger charge is 2.41. The van der Waals surface area contributed by atoms with Crippen LogP contribution in [-0.2, 0) is 9.53 Å². The SMILES string of the molecule is N#CC1(C(=O)NC2CCSCC2)CCOCC1. The Labute approximate surface area is 106 Å². The maximum absolute atomic E-state index is 12.2. The molecule has 0 aromatic heterocycles. The fraction of sp³-hybridized carbons (Fsp3) is 0.833. The van der Waals surface area contributed by atoms with Crippen molar-refractivity contribution in [3.8, 4) is 6.07 Å². The van der Waals surface area contributed by atoms with Gasteiger partial charge < -0.3 is 10.1 Å². The summed E-state index contributed by atoms with van der Waals surface area (Å²) in [5.74, 6) is 2.13. The fourth-order valence-electron chi connectivity index (χ4n) is 2.27. The number of nitrogens with one attached hydrogen (secondary N) is 1. The minimum atomic E-state index is -0.844. The predicted octanol–water partition coefficient (Wildman–Crippen LogP) is 1.32. The molecular formula is C12H18N2O2S. The van der Waals surface area contributed by atoms with E-state index in [1.807, 2.05) is 11.8 Å². The topological polar surface area (TPSA) is 62.1 Å². The van der Waals surface area contributed by atoms with E-state index < -0.39 is 5.41 Å². The fourth-order valence-corrected chi connectivity index (χ4v) is 3.38. The summed E-state index contributed by atoms with van der Waals surface area (Å²) in [7, 11) is 0. The lowest BCUT2D eigenvalue weighted by Gasteiger charge is -2.32. The third kappa shape index (κ3) is 2.93. The molecule has 2 rings (SSSR count). The molecule has 0 saturated carbocycles. The number of nitrogens with zero attached hydrogens (tertiary/aromatic N) is 1.